The fraction of sp³-hybridized carbons (Fsp3) is 0.500. The third-order valence-electron chi connectivity index (χ3n) is 2.48. The van der Waals surface area contributed by atoms with Gasteiger partial charge in [-0.15, -0.1) is 0 Å². The fourth-order valence-corrected chi connectivity index (χ4v) is 2.06. The van der Waals surface area contributed by atoms with E-state index in [-0.39, 0.29) is 0 Å². The molecule has 108 valence electrons. The summed E-state index contributed by atoms with van der Waals surface area (Å²) in [5.41, 5.74) is 0. The van der Waals surface area contributed by atoms with Crippen LogP contribution < -0.4 is 0 Å². The molecular weight excluding hydrogens is 256 g/mol. The van der Waals surface area contributed by atoms with E-state index in [0.29, 0.717) is 0 Å². The molecule has 0 aliphatic heterocycles. The van der Waals surface area contributed by atoms with Crippen LogP contribution in [0.5, 0.6) is 0 Å². The Bertz CT molecular complexity index is 378. The summed E-state index contributed by atoms with van der Waals surface area (Å²) in [7, 11) is -3.23. The normalized spacial score (nSPS) is 13.6. The molecule has 0 aromatic carbocycles. The third-order valence-corrected chi connectivity index (χ3v) is 3.55. The second-order valence-electron chi connectivity index (χ2n) is 4.39. The first-order valence-electron chi connectivity index (χ1n) is 7.04. The molecule has 0 aliphatic carbocycles. The maximum absolute atomic E-state index is 11.6. The van der Waals surface area contributed by atoms with E-state index in [1.54, 1.807) is 24.3 Å². The van der Waals surface area contributed by atoms with Crippen molar-refractivity contribution in [2.24, 2.45) is 0 Å². The smallest absolute Gasteiger partial charge is 0.193 e. The Balaban J connectivity index is 4.10. The Morgan fingerprint density at radius 3 is 1.53 bits per heavy atom. The summed E-state index contributed by atoms with van der Waals surface area (Å²) in [4.78, 5) is 0. The first-order valence-corrected chi connectivity index (χ1v) is 8.64. The van der Waals surface area contributed by atoms with Crippen LogP contribution in [0, 0.1) is 0 Å². The van der Waals surface area contributed by atoms with Crippen molar-refractivity contribution in [3.05, 3.63) is 47.3 Å². The van der Waals surface area contributed by atoms with Crippen LogP contribution in [-0.2, 0) is 9.84 Å². The summed E-state index contributed by atoms with van der Waals surface area (Å²) in [5, 5.41) is 2.46. The summed E-state index contributed by atoms with van der Waals surface area (Å²) in [6.07, 6.45) is 17.3. The molecule has 0 amide bonds. The molecule has 2 nitrogen and oxygen atoms in total. The van der Waals surface area contributed by atoms with Crippen molar-refractivity contribution in [1.82, 2.24) is 0 Å². The highest BCUT2D eigenvalue weighted by atomic mass is 32.2. The molecule has 0 aromatic rings. The Labute approximate surface area is 118 Å². The monoisotopic (exact) mass is 282 g/mol. The lowest BCUT2D eigenvalue weighted by Crippen LogP contribution is -1.86. The number of unbranched alkanes of at least 4 members (excludes halogenated alkanes) is 4. The van der Waals surface area contributed by atoms with Gasteiger partial charge in [0.05, 0.1) is 0 Å². The molecule has 0 aromatic heterocycles. The fourth-order valence-electron chi connectivity index (χ4n) is 1.35. The lowest BCUT2D eigenvalue weighted by Gasteiger charge is -1.88. The predicted octanol–water partition coefficient (Wildman–Crippen LogP) is 4.92. The third kappa shape index (κ3) is 13.1. The highest BCUT2D eigenvalue weighted by Gasteiger charge is 1.95. The minimum atomic E-state index is -3.23. The Morgan fingerprint density at radius 2 is 1.16 bits per heavy atom. The van der Waals surface area contributed by atoms with Gasteiger partial charge >= 0.3 is 0 Å². The predicted molar refractivity (Wildman–Crippen MR) is 84.5 cm³/mol. The molecule has 0 saturated carbocycles. The number of hydrogen-bond acceptors (Lipinski definition) is 2. The maximum Gasteiger partial charge on any atom is 0.193 e. The average Bonchev–Trinajstić information content (AvgIpc) is 2.38. The van der Waals surface area contributed by atoms with Gasteiger partial charge in [-0.25, -0.2) is 8.42 Å². The number of rotatable bonds is 10. The SMILES string of the molecule is CCCCC=CC=CS(=O)(=O)C=CC=CCCCC. The number of allylic oxidation sites excluding steroid dienone is 6. The van der Waals surface area contributed by atoms with Gasteiger partial charge < -0.3 is 0 Å². The first kappa shape index (κ1) is 17.9. The van der Waals surface area contributed by atoms with E-state index in [0.717, 1.165) is 38.5 Å². The van der Waals surface area contributed by atoms with Crippen molar-refractivity contribution in [3.8, 4) is 0 Å². The molecule has 0 aliphatic rings. The van der Waals surface area contributed by atoms with Crippen LogP contribution in [0.25, 0.3) is 0 Å². The lowest BCUT2D eigenvalue weighted by molar-refractivity contribution is 0.612. The Hall–Kier alpha value is -1.09. The zero-order valence-electron chi connectivity index (χ0n) is 12.1. The van der Waals surface area contributed by atoms with Gasteiger partial charge in [-0.1, -0.05) is 76.0 Å². The van der Waals surface area contributed by atoms with Crippen LogP contribution in [0.2, 0.25) is 0 Å². The van der Waals surface area contributed by atoms with Crippen LogP contribution in [0.3, 0.4) is 0 Å². The van der Waals surface area contributed by atoms with Crippen molar-refractivity contribution < 1.29 is 8.42 Å². The van der Waals surface area contributed by atoms with Gasteiger partial charge in [0.25, 0.3) is 0 Å². The Kier molecular flexibility index (Phi) is 11.3. The highest BCUT2D eigenvalue weighted by molar-refractivity contribution is 7.97. The second-order valence-corrected chi connectivity index (χ2v) is 6.11. The molecule has 0 N–H and O–H groups in total. The van der Waals surface area contributed by atoms with Crippen molar-refractivity contribution >= 4 is 9.84 Å². The van der Waals surface area contributed by atoms with E-state index in [1.807, 2.05) is 12.2 Å². The van der Waals surface area contributed by atoms with E-state index >= 15 is 0 Å². The van der Waals surface area contributed by atoms with Crippen LogP contribution in [0.4, 0.5) is 0 Å². The van der Waals surface area contributed by atoms with Crippen molar-refractivity contribution in [2.75, 3.05) is 0 Å². The molecule has 3 heteroatoms. The van der Waals surface area contributed by atoms with Crippen LogP contribution in [0.15, 0.2) is 47.3 Å². The summed E-state index contributed by atoms with van der Waals surface area (Å²) >= 11 is 0. The van der Waals surface area contributed by atoms with Crippen molar-refractivity contribution in [1.29, 1.82) is 0 Å². The topological polar surface area (TPSA) is 34.1 Å². The van der Waals surface area contributed by atoms with E-state index < -0.39 is 9.84 Å². The molecule has 0 bridgehead atoms. The minimum absolute atomic E-state index is 0.997. The van der Waals surface area contributed by atoms with Gasteiger partial charge in [-0.05, 0) is 12.8 Å². The van der Waals surface area contributed by atoms with Gasteiger partial charge in [0.15, 0.2) is 9.84 Å². The molecule has 0 radical (unpaired) electrons. The molecular formula is C16H26O2S. The van der Waals surface area contributed by atoms with E-state index in [4.69, 9.17) is 0 Å². The van der Waals surface area contributed by atoms with E-state index in [2.05, 4.69) is 13.8 Å². The largest absolute Gasteiger partial charge is 0.220 e. The quantitative estimate of drug-likeness (QED) is 0.421. The van der Waals surface area contributed by atoms with Crippen molar-refractivity contribution in [3.63, 3.8) is 0 Å². The van der Waals surface area contributed by atoms with Gasteiger partial charge in [-0.2, -0.15) is 0 Å². The van der Waals surface area contributed by atoms with Gasteiger partial charge in [0, 0.05) is 10.8 Å². The highest BCUT2D eigenvalue weighted by Crippen LogP contribution is 1.99. The molecule has 0 unspecified atom stereocenters. The first-order chi connectivity index (χ1) is 9.12. The number of hydrogen-bond donors (Lipinski definition) is 0. The summed E-state index contributed by atoms with van der Waals surface area (Å²) in [6.45, 7) is 4.26. The molecule has 0 atom stereocenters. The zero-order valence-corrected chi connectivity index (χ0v) is 12.9. The van der Waals surface area contributed by atoms with E-state index in [1.165, 1.54) is 10.8 Å². The zero-order chi connectivity index (χ0) is 14.4. The standard InChI is InChI=1S/C16H26O2S/c1-3-5-7-9-11-13-15-19(17,18)16-14-12-10-8-6-4-2/h9-16H,3-8H2,1-2H3. The molecule has 0 spiro atoms. The van der Waals surface area contributed by atoms with E-state index in [9.17, 15) is 8.42 Å². The molecule has 19 heavy (non-hydrogen) atoms. The van der Waals surface area contributed by atoms with Gasteiger partial charge in [-0.3, -0.25) is 0 Å². The van der Waals surface area contributed by atoms with Gasteiger partial charge in [0.1, 0.15) is 0 Å². The summed E-state index contributed by atoms with van der Waals surface area (Å²) in [6, 6.07) is 0. The molecule has 0 saturated heterocycles. The Morgan fingerprint density at radius 1 is 0.737 bits per heavy atom. The maximum atomic E-state index is 11.6. The summed E-state index contributed by atoms with van der Waals surface area (Å²) in [5.74, 6) is 0. The minimum Gasteiger partial charge on any atom is -0.220 e. The van der Waals surface area contributed by atoms with Crippen LogP contribution in [0.1, 0.15) is 52.4 Å². The molecule has 0 rings (SSSR count). The van der Waals surface area contributed by atoms with Crippen molar-refractivity contribution in [2.45, 2.75) is 52.4 Å². The lowest BCUT2D eigenvalue weighted by atomic mass is 10.2. The van der Waals surface area contributed by atoms with Crippen LogP contribution >= 0.6 is 0 Å². The molecule has 0 fully saturated rings. The average molecular weight is 282 g/mol. The summed E-state index contributed by atoms with van der Waals surface area (Å²) < 4.78 is 23.1. The van der Waals surface area contributed by atoms with Gasteiger partial charge in [0.2, 0.25) is 0 Å². The molecule has 0 heterocycles. The number of sulfone groups is 1. The second kappa shape index (κ2) is 12.0. The van der Waals surface area contributed by atoms with Crippen LogP contribution in [-0.4, -0.2) is 8.42 Å².